The third-order valence-electron chi connectivity index (χ3n) is 3.07. The number of H-pyrrole nitrogens is 1. The van der Waals surface area contributed by atoms with E-state index < -0.39 is 6.10 Å². The van der Waals surface area contributed by atoms with E-state index >= 15 is 0 Å². The van der Waals surface area contributed by atoms with Crippen LogP contribution in [0.5, 0.6) is 0 Å². The van der Waals surface area contributed by atoms with Crippen LogP contribution in [-0.4, -0.2) is 20.3 Å². The lowest BCUT2D eigenvalue weighted by Gasteiger charge is -2.01. The molecule has 0 aliphatic carbocycles. The Morgan fingerprint density at radius 2 is 1.95 bits per heavy atom. The van der Waals surface area contributed by atoms with E-state index in [2.05, 4.69) is 46.4 Å². The summed E-state index contributed by atoms with van der Waals surface area (Å²) in [6.45, 7) is 3.79. The van der Waals surface area contributed by atoms with Gasteiger partial charge in [-0.15, -0.1) is 11.3 Å². The molecule has 0 amide bonds. The summed E-state index contributed by atoms with van der Waals surface area (Å²) < 4.78 is 0. The van der Waals surface area contributed by atoms with Crippen molar-refractivity contribution >= 4 is 11.3 Å². The van der Waals surface area contributed by atoms with E-state index in [0.717, 1.165) is 21.8 Å². The number of rotatable bonds is 3. The van der Waals surface area contributed by atoms with Crippen LogP contribution in [0.2, 0.25) is 0 Å². The molecule has 0 aliphatic rings. The molecule has 20 heavy (non-hydrogen) atoms. The van der Waals surface area contributed by atoms with E-state index in [9.17, 15) is 5.11 Å². The first-order chi connectivity index (χ1) is 9.65. The lowest BCUT2D eigenvalue weighted by atomic mass is 10.1. The number of benzene rings is 1. The molecule has 2 N–H and O–H groups in total. The lowest BCUT2D eigenvalue weighted by Crippen LogP contribution is -1.89. The maximum absolute atomic E-state index is 9.77. The fourth-order valence-corrected chi connectivity index (χ4v) is 3.01. The molecule has 1 atom stereocenters. The second-order valence-corrected chi connectivity index (χ2v) is 5.77. The number of aryl methyl sites for hydroxylation is 1. The zero-order valence-electron chi connectivity index (χ0n) is 11.3. The van der Waals surface area contributed by atoms with Gasteiger partial charge in [0.2, 0.25) is 0 Å². The fraction of sp³-hybridized carbons (Fsp3) is 0.200. The molecular formula is C15H15N3OS. The molecule has 0 spiro atoms. The lowest BCUT2D eigenvalue weighted by molar-refractivity contribution is 0.199. The number of aromatic amines is 1. The van der Waals surface area contributed by atoms with Crippen molar-refractivity contribution in [2.75, 3.05) is 0 Å². The molecule has 0 bridgehead atoms. The minimum Gasteiger partial charge on any atom is -0.386 e. The van der Waals surface area contributed by atoms with Crippen LogP contribution in [0.1, 0.15) is 23.6 Å². The number of hydrogen-bond acceptors (Lipinski definition) is 4. The van der Waals surface area contributed by atoms with Gasteiger partial charge < -0.3 is 5.11 Å². The predicted octanol–water partition coefficient (Wildman–Crippen LogP) is 3.56. The maximum atomic E-state index is 9.77. The Bertz CT molecular complexity index is 699. The molecule has 3 aromatic rings. The van der Waals surface area contributed by atoms with Crippen molar-refractivity contribution in [2.45, 2.75) is 20.0 Å². The zero-order chi connectivity index (χ0) is 14.1. The SMILES string of the molecule is Cc1ccc(-c2sc(C(C)O)nc2-c2ccn[nH]2)cc1. The number of nitrogens with zero attached hydrogens (tertiary/aromatic N) is 2. The quantitative estimate of drug-likeness (QED) is 0.773. The Morgan fingerprint density at radius 3 is 2.55 bits per heavy atom. The van der Waals surface area contributed by atoms with E-state index in [0.29, 0.717) is 5.01 Å². The van der Waals surface area contributed by atoms with Crippen LogP contribution in [0, 0.1) is 6.92 Å². The van der Waals surface area contributed by atoms with Gasteiger partial charge >= 0.3 is 0 Å². The summed E-state index contributed by atoms with van der Waals surface area (Å²) >= 11 is 1.52. The Labute approximate surface area is 121 Å². The topological polar surface area (TPSA) is 61.8 Å². The van der Waals surface area contributed by atoms with E-state index in [1.807, 2.05) is 6.07 Å². The molecule has 2 aromatic heterocycles. The molecule has 2 heterocycles. The molecule has 102 valence electrons. The van der Waals surface area contributed by atoms with E-state index in [1.165, 1.54) is 16.9 Å². The number of aromatic nitrogens is 3. The first-order valence-corrected chi connectivity index (χ1v) is 7.22. The van der Waals surface area contributed by atoms with E-state index in [4.69, 9.17) is 0 Å². The smallest absolute Gasteiger partial charge is 0.122 e. The minimum absolute atomic E-state index is 0.569. The number of aliphatic hydroxyl groups is 1. The Balaban J connectivity index is 2.15. The molecule has 0 saturated carbocycles. The fourth-order valence-electron chi connectivity index (χ4n) is 1.99. The molecule has 0 fully saturated rings. The molecule has 0 aliphatic heterocycles. The van der Waals surface area contributed by atoms with Crippen LogP contribution in [0.4, 0.5) is 0 Å². The summed E-state index contributed by atoms with van der Waals surface area (Å²) in [5, 5.41) is 17.4. The molecule has 1 aromatic carbocycles. The summed E-state index contributed by atoms with van der Waals surface area (Å²) in [6, 6.07) is 10.2. The average molecular weight is 285 g/mol. The van der Waals surface area contributed by atoms with Gasteiger partial charge in [-0.1, -0.05) is 29.8 Å². The highest BCUT2D eigenvalue weighted by Gasteiger charge is 2.17. The van der Waals surface area contributed by atoms with Gasteiger partial charge in [-0.3, -0.25) is 5.10 Å². The van der Waals surface area contributed by atoms with Crippen LogP contribution in [0.3, 0.4) is 0 Å². The number of aliphatic hydroxyl groups excluding tert-OH is 1. The zero-order valence-corrected chi connectivity index (χ0v) is 12.1. The van der Waals surface area contributed by atoms with Crippen LogP contribution in [0.25, 0.3) is 21.8 Å². The van der Waals surface area contributed by atoms with Crippen molar-refractivity contribution in [2.24, 2.45) is 0 Å². The highest BCUT2D eigenvalue weighted by atomic mass is 32.1. The highest BCUT2D eigenvalue weighted by Crippen LogP contribution is 2.37. The molecular weight excluding hydrogens is 270 g/mol. The number of thiazole rings is 1. The molecule has 4 nitrogen and oxygen atoms in total. The molecule has 1 unspecified atom stereocenters. The van der Waals surface area contributed by atoms with Gasteiger partial charge in [-0.05, 0) is 25.5 Å². The summed E-state index contributed by atoms with van der Waals surface area (Å²) in [7, 11) is 0. The Morgan fingerprint density at radius 1 is 1.20 bits per heavy atom. The van der Waals surface area contributed by atoms with E-state index in [-0.39, 0.29) is 0 Å². The van der Waals surface area contributed by atoms with Crippen LogP contribution in [0.15, 0.2) is 36.5 Å². The number of hydrogen-bond donors (Lipinski definition) is 2. The molecule has 3 rings (SSSR count). The van der Waals surface area contributed by atoms with Crippen molar-refractivity contribution < 1.29 is 5.11 Å². The van der Waals surface area contributed by atoms with Gasteiger partial charge in [-0.2, -0.15) is 5.10 Å². The summed E-state index contributed by atoms with van der Waals surface area (Å²) in [6.07, 6.45) is 1.14. The van der Waals surface area contributed by atoms with Crippen LogP contribution in [-0.2, 0) is 0 Å². The second-order valence-electron chi connectivity index (χ2n) is 4.74. The third-order valence-corrected chi connectivity index (χ3v) is 4.35. The van der Waals surface area contributed by atoms with Crippen LogP contribution < -0.4 is 0 Å². The van der Waals surface area contributed by atoms with Crippen molar-refractivity contribution in [3.05, 3.63) is 47.1 Å². The molecule has 0 saturated heterocycles. The van der Waals surface area contributed by atoms with Gasteiger partial charge in [0.1, 0.15) is 16.8 Å². The summed E-state index contributed by atoms with van der Waals surface area (Å²) in [5.41, 5.74) is 4.03. The van der Waals surface area contributed by atoms with Crippen molar-refractivity contribution in [3.8, 4) is 21.8 Å². The van der Waals surface area contributed by atoms with E-state index in [1.54, 1.807) is 13.1 Å². The largest absolute Gasteiger partial charge is 0.386 e. The van der Waals surface area contributed by atoms with Crippen molar-refractivity contribution in [3.63, 3.8) is 0 Å². The van der Waals surface area contributed by atoms with Gasteiger partial charge in [-0.25, -0.2) is 4.98 Å². The average Bonchev–Trinajstić information content (AvgIpc) is 3.08. The maximum Gasteiger partial charge on any atom is 0.122 e. The standard InChI is InChI=1S/C15H15N3OS/c1-9-3-5-11(6-4-9)14-13(12-7-8-16-18-12)17-15(20-14)10(2)19/h3-8,10,19H,1-2H3,(H,16,18). The van der Waals surface area contributed by atoms with Gasteiger partial charge in [0.05, 0.1) is 10.6 Å². The molecule has 5 heteroatoms. The number of nitrogens with one attached hydrogen (secondary N) is 1. The van der Waals surface area contributed by atoms with Crippen molar-refractivity contribution in [1.29, 1.82) is 0 Å². The van der Waals surface area contributed by atoms with Gasteiger partial charge in [0.15, 0.2) is 0 Å². The third kappa shape index (κ3) is 2.37. The second kappa shape index (κ2) is 5.19. The van der Waals surface area contributed by atoms with Gasteiger partial charge in [0.25, 0.3) is 0 Å². The first kappa shape index (κ1) is 13.0. The summed E-state index contributed by atoms with van der Waals surface area (Å²) in [4.78, 5) is 5.59. The first-order valence-electron chi connectivity index (χ1n) is 6.40. The van der Waals surface area contributed by atoms with Crippen LogP contribution >= 0.6 is 11.3 Å². The monoisotopic (exact) mass is 285 g/mol. The van der Waals surface area contributed by atoms with Crippen molar-refractivity contribution in [1.82, 2.24) is 15.2 Å². The normalized spacial score (nSPS) is 12.6. The predicted molar refractivity (Wildman–Crippen MR) is 80.5 cm³/mol. The molecule has 0 radical (unpaired) electrons. The Kier molecular flexibility index (Phi) is 3.38. The Hall–Kier alpha value is -1.98. The summed E-state index contributed by atoms with van der Waals surface area (Å²) in [5.74, 6) is 0. The highest BCUT2D eigenvalue weighted by molar-refractivity contribution is 7.15. The minimum atomic E-state index is -0.569. The van der Waals surface area contributed by atoms with Gasteiger partial charge in [0, 0.05) is 6.20 Å².